The van der Waals surface area contributed by atoms with Gasteiger partial charge < -0.3 is 15.0 Å². The molecule has 0 aliphatic carbocycles. The molecule has 0 atom stereocenters. The third-order valence-corrected chi connectivity index (χ3v) is 3.34. The van der Waals surface area contributed by atoms with Crippen LogP contribution in [0, 0.1) is 0 Å². The quantitative estimate of drug-likeness (QED) is 0.829. The topological polar surface area (TPSA) is 41.6 Å². The highest BCUT2D eigenvalue weighted by Crippen LogP contribution is 2.26. The molecule has 0 aromatic heterocycles. The van der Waals surface area contributed by atoms with Gasteiger partial charge in [0.25, 0.3) is 0 Å². The number of nitrogens with zero attached hydrogens (tertiary/aromatic N) is 1. The first-order valence-corrected chi connectivity index (χ1v) is 6.76. The summed E-state index contributed by atoms with van der Waals surface area (Å²) < 4.78 is 5.46. The van der Waals surface area contributed by atoms with Gasteiger partial charge in [-0.25, -0.2) is 0 Å². The zero-order chi connectivity index (χ0) is 14.3. The predicted octanol–water partition coefficient (Wildman–Crippen LogP) is 2.86. The molecule has 1 aromatic carbocycles. The first kappa shape index (κ1) is 19.3. The number of amides is 1. The van der Waals surface area contributed by atoms with E-state index in [0.29, 0.717) is 35.4 Å². The van der Waals surface area contributed by atoms with Crippen molar-refractivity contribution in [2.24, 2.45) is 0 Å². The maximum absolute atomic E-state index is 11.7. The van der Waals surface area contributed by atoms with E-state index in [1.807, 2.05) is 7.05 Å². The number of likely N-dealkylation sites (N-methyl/N-ethyl adjacent to an activating group) is 2. The molecule has 1 rings (SSSR count). The van der Waals surface area contributed by atoms with E-state index in [1.54, 1.807) is 30.1 Å². The number of carbonyl (C=O) groups is 1. The third kappa shape index (κ3) is 6.66. The zero-order valence-corrected chi connectivity index (χ0v) is 13.8. The molecule has 114 valence electrons. The van der Waals surface area contributed by atoms with Crippen LogP contribution < -0.4 is 10.1 Å². The summed E-state index contributed by atoms with van der Waals surface area (Å²) in [4.78, 5) is 13.4. The summed E-state index contributed by atoms with van der Waals surface area (Å²) in [5.41, 5.74) is 0. The highest BCUT2D eigenvalue weighted by atomic mass is 35.5. The maximum Gasteiger partial charge on any atom is 0.225 e. The van der Waals surface area contributed by atoms with Crippen LogP contribution >= 0.6 is 35.6 Å². The largest absolute Gasteiger partial charge is 0.493 e. The minimum absolute atomic E-state index is 0. The molecule has 0 unspecified atom stereocenters. The van der Waals surface area contributed by atoms with Crippen molar-refractivity contribution in [1.82, 2.24) is 10.2 Å². The molecule has 1 aromatic rings. The van der Waals surface area contributed by atoms with Gasteiger partial charge in [-0.2, -0.15) is 0 Å². The molecule has 0 heterocycles. The van der Waals surface area contributed by atoms with Crippen LogP contribution in [0.1, 0.15) is 6.42 Å². The molecule has 7 heteroatoms. The average Bonchev–Trinajstić information content (AvgIpc) is 2.39. The van der Waals surface area contributed by atoms with E-state index in [1.165, 1.54) is 0 Å². The lowest BCUT2D eigenvalue weighted by molar-refractivity contribution is -0.130. The summed E-state index contributed by atoms with van der Waals surface area (Å²) in [6.45, 7) is 1.78. The Balaban J connectivity index is 0.00000361. The lowest BCUT2D eigenvalue weighted by Crippen LogP contribution is -2.33. The Labute approximate surface area is 135 Å². The molecule has 0 fully saturated rings. The van der Waals surface area contributed by atoms with E-state index >= 15 is 0 Å². The summed E-state index contributed by atoms with van der Waals surface area (Å²) in [6.07, 6.45) is 0.334. The monoisotopic (exact) mass is 340 g/mol. The zero-order valence-electron chi connectivity index (χ0n) is 11.5. The Morgan fingerprint density at radius 2 is 2.05 bits per heavy atom. The van der Waals surface area contributed by atoms with Gasteiger partial charge in [0.1, 0.15) is 5.75 Å². The van der Waals surface area contributed by atoms with Crippen LogP contribution in [0.4, 0.5) is 0 Å². The Hall–Kier alpha value is -0.680. The van der Waals surface area contributed by atoms with Crippen LogP contribution in [0.2, 0.25) is 10.0 Å². The van der Waals surface area contributed by atoms with Gasteiger partial charge in [0, 0.05) is 26.2 Å². The molecular weight excluding hydrogens is 323 g/mol. The van der Waals surface area contributed by atoms with Gasteiger partial charge >= 0.3 is 0 Å². The van der Waals surface area contributed by atoms with Crippen LogP contribution in [0.3, 0.4) is 0 Å². The van der Waals surface area contributed by atoms with Gasteiger partial charge in [0.15, 0.2) is 0 Å². The number of rotatable bonds is 7. The Kier molecular flexibility index (Phi) is 9.76. The van der Waals surface area contributed by atoms with Crippen molar-refractivity contribution < 1.29 is 9.53 Å². The summed E-state index contributed by atoms with van der Waals surface area (Å²) in [5.74, 6) is 0.662. The number of carbonyl (C=O) groups excluding carboxylic acids is 1. The Morgan fingerprint density at radius 3 is 2.65 bits per heavy atom. The Bertz CT molecular complexity index is 430. The molecule has 1 N–H and O–H groups in total. The molecule has 20 heavy (non-hydrogen) atoms. The van der Waals surface area contributed by atoms with E-state index in [0.717, 1.165) is 6.54 Å². The molecule has 1 amide bonds. The summed E-state index contributed by atoms with van der Waals surface area (Å²) in [7, 11) is 3.63. The highest BCUT2D eigenvalue weighted by Gasteiger charge is 2.08. The van der Waals surface area contributed by atoms with Gasteiger partial charge in [0.2, 0.25) is 5.91 Å². The van der Waals surface area contributed by atoms with Crippen molar-refractivity contribution in [3.05, 3.63) is 28.2 Å². The minimum atomic E-state index is 0. The highest BCUT2D eigenvalue weighted by molar-refractivity contribution is 6.42. The first-order chi connectivity index (χ1) is 9.04. The minimum Gasteiger partial charge on any atom is -0.493 e. The molecule has 0 saturated heterocycles. The lowest BCUT2D eigenvalue weighted by Gasteiger charge is -2.17. The normalized spacial score (nSPS) is 9.80. The Morgan fingerprint density at radius 1 is 1.35 bits per heavy atom. The van der Waals surface area contributed by atoms with Crippen molar-refractivity contribution in [2.75, 3.05) is 33.8 Å². The molecular formula is C13H19Cl3N2O2. The fraction of sp³-hybridized carbons (Fsp3) is 0.462. The van der Waals surface area contributed by atoms with Crippen molar-refractivity contribution in [3.63, 3.8) is 0 Å². The van der Waals surface area contributed by atoms with Crippen molar-refractivity contribution >= 4 is 41.5 Å². The number of hydrogen-bond donors (Lipinski definition) is 1. The van der Waals surface area contributed by atoms with Crippen LogP contribution in [0.25, 0.3) is 0 Å². The first-order valence-electron chi connectivity index (χ1n) is 6.01. The van der Waals surface area contributed by atoms with E-state index < -0.39 is 0 Å². The number of ether oxygens (including phenoxy) is 1. The van der Waals surface area contributed by atoms with Gasteiger partial charge in [0.05, 0.1) is 23.1 Å². The van der Waals surface area contributed by atoms with Gasteiger partial charge in [-0.05, 0) is 19.2 Å². The summed E-state index contributed by atoms with van der Waals surface area (Å²) >= 11 is 11.7. The molecule has 0 radical (unpaired) electrons. The third-order valence-electron chi connectivity index (χ3n) is 2.60. The maximum atomic E-state index is 11.7. The van der Waals surface area contributed by atoms with Crippen molar-refractivity contribution in [3.8, 4) is 5.75 Å². The van der Waals surface area contributed by atoms with Crippen LogP contribution in [-0.2, 0) is 4.79 Å². The second kappa shape index (κ2) is 10.1. The number of halogens is 3. The molecule has 0 aliphatic heterocycles. The molecule has 0 saturated carbocycles. The fourth-order valence-electron chi connectivity index (χ4n) is 1.42. The van der Waals surface area contributed by atoms with Crippen molar-refractivity contribution in [2.45, 2.75) is 6.42 Å². The van der Waals surface area contributed by atoms with Crippen LogP contribution in [-0.4, -0.2) is 44.6 Å². The summed E-state index contributed by atoms with van der Waals surface area (Å²) in [5, 5.41) is 3.92. The number of hydrogen-bond acceptors (Lipinski definition) is 3. The SMILES string of the molecule is CNCCN(C)C(=O)CCOc1ccc(Cl)c(Cl)c1.Cl. The average molecular weight is 342 g/mol. The standard InChI is InChI=1S/C13H18Cl2N2O2.ClH/c1-16-6-7-17(2)13(18)5-8-19-10-3-4-11(14)12(15)9-10;/h3-4,9,16H,5-8H2,1-2H3;1H. The fourth-order valence-corrected chi connectivity index (χ4v) is 1.71. The second-order valence-corrected chi connectivity index (χ2v) is 4.91. The molecule has 0 spiro atoms. The molecule has 0 aliphatic rings. The predicted molar refractivity (Wildman–Crippen MR) is 85.4 cm³/mol. The van der Waals surface area contributed by atoms with Crippen LogP contribution in [0.15, 0.2) is 18.2 Å². The van der Waals surface area contributed by atoms with Gasteiger partial charge in [-0.1, -0.05) is 23.2 Å². The van der Waals surface area contributed by atoms with E-state index in [2.05, 4.69) is 5.32 Å². The van der Waals surface area contributed by atoms with E-state index in [-0.39, 0.29) is 18.3 Å². The second-order valence-electron chi connectivity index (χ2n) is 4.09. The van der Waals surface area contributed by atoms with E-state index in [9.17, 15) is 4.79 Å². The molecule has 0 bridgehead atoms. The van der Waals surface area contributed by atoms with Crippen molar-refractivity contribution in [1.29, 1.82) is 0 Å². The summed E-state index contributed by atoms with van der Waals surface area (Å²) in [6, 6.07) is 5.03. The van der Waals surface area contributed by atoms with Crippen LogP contribution in [0.5, 0.6) is 5.75 Å². The molecule has 4 nitrogen and oxygen atoms in total. The van der Waals surface area contributed by atoms with E-state index in [4.69, 9.17) is 27.9 Å². The number of nitrogens with one attached hydrogen (secondary N) is 1. The van der Waals surface area contributed by atoms with Gasteiger partial charge in [-0.15, -0.1) is 12.4 Å². The lowest BCUT2D eigenvalue weighted by atomic mass is 10.3. The van der Waals surface area contributed by atoms with Gasteiger partial charge in [-0.3, -0.25) is 4.79 Å². The smallest absolute Gasteiger partial charge is 0.225 e. The number of benzene rings is 1.